The first-order valence-corrected chi connectivity index (χ1v) is 9.29. The van der Waals surface area contributed by atoms with Crippen molar-refractivity contribution in [2.24, 2.45) is 7.05 Å². The molecule has 3 aromatic rings. The monoisotopic (exact) mass is 346 g/mol. The maximum absolute atomic E-state index is 13.0. The lowest BCUT2D eigenvalue weighted by Gasteiger charge is -2.33. The largest absolute Gasteiger partial charge is 0.339 e. The van der Waals surface area contributed by atoms with E-state index in [1.807, 2.05) is 22.9 Å². The van der Waals surface area contributed by atoms with Crippen molar-refractivity contribution in [3.05, 3.63) is 42.9 Å². The van der Waals surface area contributed by atoms with E-state index in [9.17, 15) is 8.42 Å². The summed E-state index contributed by atoms with van der Waals surface area (Å²) in [6.45, 7) is 0.477. The van der Waals surface area contributed by atoms with E-state index in [0.29, 0.717) is 12.3 Å². The van der Waals surface area contributed by atoms with E-state index in [2.05, 4.69) is 15.0 Å². The summed E-state index contributed by atoms with van der Waals surface area (Å²) in [4.78, 5) is 12.8. The van der Waals surface area contributed by atoms with Crippen molar-refractivity contribution in [3.63, 3.8) is 0 Å². The Bertz CT molecular complexity index is 977. The molecular formula is C15H18N6O2S. The fourth-order valence-corrected chi connectivity index (χ4v) is 4.77. The van der Waals surface area contributed by atoms with Gasteiger partial charge in [0.05, 0.1) is 18.1 Å². The van der Waals surface area contributed by atoms with E-state index >= 15 is 0 Å². The zero-order chi connectivity index (χ0) is 16.7. The van der Waals surface area contributed by atoms with E-state index < -0.39 is 10.0 Å². The van der Waals surface area contributed by atoms with Gasteiger partial charge in [-0.1, -0.05) is 6.42 Å². The van der Waals surface area contributed by atoms with E-state index in [1.165, 1.54) is 16.8 Å². The van der Waals surface area contributed by atoms with Crippen LogP contribution in [0.3, 0.4) is 0 Å². The normalized spacial score (nSPS) is 19.8. The molecule has 0 saturated carbocycles. The highest BCUT2D eigenvalue weighted by Gasteiger charge is 2.36. The summed E-state index contributed by atoms with van der Waals surface area (Å²) in [5, 5.41) is 0.0822. The summed E-state index contributed by atoms with van der Waals surface area (Å²) < 4.78 is 31.0. The molecule has 0 N–H and O–H groups in total. The van der Waals surface area contributed by atoms with Gasteiger partial charge in [0.25, 0.3) is 10.0 Å². The van der Waals surface area contributed by atoms with Gasteiger partial charge < -0.3 is 4.57 Å². The molecule has 1 atom stereocenters. The van der Waals surface area contributed by atoms with Crippen LogP contribution in [0.2, 0.25) is 0 Å². The molecule has 0 amide bonds. The van der Waals surface area contributed by atoms with Crippen LogP contribution >= 0.6 is 0 Å². The predicted octanol–water partition coefficient (Wildman–Crippen LogP) is 1.38. The Kier molecular flexibility index (Phi) is 3.61. The molecule has 24 heavy (non-hydrogen) atoms. The van der Waals surface area contributed by atoms with Gasteiger partial charge in [0, 0.05) is 38.4 Å². The number of rotatable bonds is 3. The van der Waals surface area contributed by atoms with Crippen LogP contribution in [0.25, 0.3) is 5.78 Å². The molecule has 0 spiro atoms. The van der Waals surface area contributed by atoms with Gasteiger partial charge in [-0.3, -0.25) is 4.40 Å². The van der Waals surface area contributed by atoms with E-state index in [0.717, 1.165) is 25.0 Å². The van der Waals surface area contributed by atoms with Crippen molar-refractivity contribution in [1.29, 1.82) is 0 Å². The van der Waals surface area contributed by atoms with Crippen LogP contribution in [0.1, 0.15) is 31.0 Å². The Hall–Kier alpha value is -2.26. The van der Waals surface area contributed by atoms with Crippen molar-refractivity contribution in [2.75, 3.05) is 6.54 Å². The van der Waals surface area contributed by atoms with Gasteiger partial charge in [-0.15, -0.1) is 0 Å². The van der Waals surface area contributed by atoms with Crippen molar-refractivity contribution in [3.8, 4) is 0 Å². The first-order chi connectivity index (χ1) is 11.6. The molecule has 9 heteroatoms. The lowest BCUT2D eigenvalue weighted by atomic mass is 10.0. The molecule has 1 aliphatic rings. The summed E-state index contributed by atoms with van der Waals surface area (Å²) in [5.74, 6) is 0.577. The molecule has 1 fully saturated rings. The molecule has 126 valence electrons. The fourth-order valence-electron chi connectivity index (χ4n) is 3.13. The molecule has 1 aliphatic heterocycles. The Balaban J connectivity index is 1.75. The van der Waals surface area contributed by atoms with Crippen LogP contribution in [-0.2, 0) is 17.1 Å². The van der Waals surface area contributed by atoms with Crippen molar-refractivity contribution in [1.82, 2.24) is 28.2 Å². The molecule has 0 radical (unpaired) electrons. The van der Waals surface area contributed by atoms with E-state index in [1.54, 1.807) is 17.8 Å². The van der Waals surface area contributed by atoms with Gasteiger partial charge >= 0.3 is 0 Å². The zero-order valence-corrected chi connectivity index (χ0v) is 14.1. The quantitative estimate of drug-likeness (QED) is 0.715. The van der Waals surface area contributed by atoms with Crippen molar-refractivity contribution in [2.45, 2.75) is 30.3 Å². The maximum atomic E-state index is 13.0. The smallest absolute Gasteiger partial charge is 0.262 e. The maximum Gasteiger partial charge on any atom is 0.262 e. The summed E-state index contributed by atoms with van der Waals surface area (Å²) in [6, 6.07) is 1.58. The highest BCUT2D eigenvalue weighted by Crippen LogP contribution is 2.34. The second kappa shape index (κ2) is 5.67. The lowest BCUT2D eigenvalue weighted by Crippen LogP contribution is -2.39. The molecule has 4 rings (SSSR count). The van der Waals surface area contributed by atoms with Gasteiger partial charge in [0.1, 0.15) is 0 Å². The molecule has 3 aromatic heterocycles. The average molecular weight is 346 g/mol. The van der Waals surface area contributed by atoms with Gasteiger partial charge in [0.2, 0.25) is 5.78 Å². The van der Waals surface area contributed by atoms with Gasteiger partial charge in [-0.2, -0.15) is 4.31 Å². The first-order valence-electron chi connectivity index (χ1n) is 7.85. The number of aromatic nitrogens is 5. The number of hydrogen-bond acceptors (Lipinski definition) is 5. The average Bonchev–Trinajstić information content (AvgIpc) is 3.23. The molecule has 8 nitrogen and oxygen atoms in total. The van der Waals surface area contributed by atoms with E-state index in [4.69, 9.17) is 0 Å². The number of fused-ring (bicyclic) bond motifs is 1. The second-order valence-electron chi connectivity index (χ2n) is 5.99. The number of aryl methyl sites for hydroxylation is 1. The topological polar surface area (TPSA) is 85.4 Å². The minimum absolute atomic E-state index is 0.0822. The third kappa shape index (κ3) is 2.49. The summed E-state index contributed by atoms with van der Waals surface area (Å²) in [5.41, 5.74) is 0.730. The minimum Gasteiger partial charge on any atom is -0.339 e. The number of piperidine rings is 1. The van der Waals surface area contributed by atoms with Gasteiger partial charge in [-0.25, -0.2) is 23.4 Å². The number of nitrogens with zero attached hydrogens (tertiary/aromatic N) is 6. The summed E-state index contributed by atoms with van der Waals surface area (Å²) >= 11 is 0. The standard InChI is InChI=1S/C15H18N6O2S/c1-19-10-14(17-11-19)24(22,23)21-7-3-2-4-13(21)12-5-8-20-9-6-16-15(20)18-12/h5-6,8-11,13H,2-4,7H2,1H3/t13-/m0/s1. The summed E-state index contributed by atoms with van der Waals surface area (Å²) in [7, 11) is -1.89. The molecule has 1 saturated heterocycles. The number of sulfonamides is 1. The van der Waals surface area contributed by atoms with E-state index in [-0.39, 0.29) is 11.1 Å². The molecular weight excluding hydrogens is 328 g/mol. The lowest BCUT2D eigenvalue weighted by molar-refractivity contribution is 0.251. The van der Waals surface area contributed by atoms with Gasteiger partial charge in [-0.05, 0) is 18.9 Å². The predicted molar refractivity (Wildman–Crippen MR) is 86.7 cm³/mol. The Morgan fingerprint density at radius 1 is 1.21 bits per heavy atom. The van der Waals surface area contributed by atoms with Crippen LogP contribution in [0.15, 0.2) is 42.2 Å². The van der Waals surface area contributed by atoms with Gasteiger partial charge in [0.15, 0.2) is 5.03 Å². The SMILES string of the molecule is Cn1cnc(S(=O)(=O)N2CCCC[C@H]2c2ccn3ccnc3n2)c1. The second-order valence-corrected chi connectivity index (χ2v) is 7.83. The van der Waals surface area contributed by atoms with Crippen LogP contribution < -0.4 is 0 Å². The van der Waals surface area contributed by atoms with Crippen LogP contribution in [0, 0.1) is 0 Å². The number of hydrogen-bond donors (Lipinski definition) is 0. The number of imidazole rings is 2. The molecule has 0 bridgehead atoms. The Morgan fingerprint density at radius 3 is 2.88 bits per heavy atom. The fraction of sp³-hybridized carbons (Fsp3) is 0.400. The van der Waals surface area contributed by atoms with Crippen molar-refractivity contribution < 1.29 is 8.42 Å². The van der Waals surface area contributed by atoms with Crippen LogP contribution in [-0.4, -0.2) is 43.2 Å². The van der Waals surface area contributed by atoms with Crippen molar-refractivity contribution >= 4 is 15.8 Å². The Morgan fingerprint density at radius 2 is 2.08 bits per heavy atom. The molecule has 0 unspecified atom stereocenters. The zero-order valence-electron chi connectivity index (χ0n) is 13.3. The van der Waals surface area contributed by atoms with Crippen LogP contribution in [0.5, 0.6) is 0 Å². The third-order valence-electron chi connectivity index (χ3n) is 4.33. The molecule has 4 heterocycles. The highest BCUT2D eigenvalue weighted by molar-refractivity contribution is 7.89. The Labute approximate surface area is 139 Å². The van der Waals surface area contributed by atoms with Crippen LogP contribution in [0.4, 0.5) is 0 Å². The minimum atomic E-state index is -3.64. The molecule has 0 aromatic carbocycles. The highest BCUT2D eigenvalue weighted by atomic mass is 32.2. The first kappa shape index (κ1) is 15.3. The third-order valence-corrected chi connectivity index (χ3v) is 6.13. The molecule has 0 aliphatic carbocycles. The summed E-state index contributed by atoms with van der Waals surface area (Å²) in [6.07, 6.45) is 11.0.